The number of carboxylic acid groups (broad SMARTS) is 1. The fourth-order valence-corrected chi connectivity index (χ4v) is 1.78. The van der Waals surface area contributed by atoms with Gasteiger partial charge in [0, 0.05) is 12.0 Å². The number of ketones is 1. The van der Waals surface area contributed by atoms with Crippen molar-refractivity contribution in [1.82, 2.24) is 0 Å². The van der Waals surface area contributed by atoms with Gasteiger partial charge in [0.2, 0.25) is 0 Å². The quantitative estimate of drug-likeness (QED) is 0.652. The smallest absolute Gasteiger partial charge is 0.338 e. The van der Waals surface area contributed by atoms with E-state index in [0.29, 0.717) is 0 Å². The third kappa shape index (κ3) is 3.40. The van der Waals surface area contributed by atoms with Gasteiger partial charge in [-0.15, -0.1) is 0 Å². The number of carbonyl (C=O) groups excluding carboxylic acids is 2. The van der Waals surface area contributed by atoms with E-state index >= 15 is 0 Å². The zero-order chi connectivity index (χ0) is 14.6. The predicted molar refractivity (Wildman–Crippen MR) is 68.5 cm³/mol. The van der Waals surface area contributed by atoms with Gasteiger partial charge in [0.15, 0.2) is 5.78 Å². The fraction of sp³-hybridized carbons (Fsp3) is 0.357. The first kappa shape index (κ1) is 14.9. The normalized spacial score (nSPS) is 10.3. The summed E-state index contributed by atoms with van der Waals surface area (Å²) in [4.78, 5) is 35.0. The van der Waals surface area contributed by atoms with Crippen LogP contribution in [0, 0.1) is 5.92 Å². The van der Waals surface area contributed by atoms with Crippen LogP contribution in [0.15, 0.2) is 18.2 Å². The lowest BCUT2D eigenvalue weighted by Crippen LogP contribution is -2.17. The lowest BCUT2D eigenvalue weighted by Gasteiger charge is -2.11. The number of hydrogen-bond acceptors (Lipinski definition) is 4. The van der Waals surface area contributed by atoms with Crippen LogP contribution in [0.4, 0.5) is 0 Å². The summed E-state index contributed by atoms with van der Waals surface area (Å²) in [5, 5.41) is 9.12. The maximum absolute atomic E-state index is 12.2. The van der Waals surface area contributed by atoms with E-state index in [0.717, 1.165) is 0 Å². The molecule has 1 aromatic rings. The average molecular weight is 264 g/mol. The van der Waals surface area contributed by atoms with Crippen molar-refractivity contribution >= 4 is 17.7 Å². The van der Waals surface area contributed by atoms with E-state index < -0.39 is 11.9 Å². The molecule has 1 rings (SSSR count). The molecule has 0 atom stereocenters. The Morgan fingerprint density at radius 3 is 2.26 bits per heavy atom. The number of benzene rings is 1. The zero-order valence-electron chi connectivity index (χ0n) is 11.1. The standard InChI is InChI=1S/C14H16O5/c1-8(2)7-11(15)12-9(13(16)17)5-4-6-10(12)14(18)19-3/h4-6,8H,7H2,1-3H3,(H,16,17). The first-order valence-corrected chi connectivity index (χ1v) is 5.86. The van der Waals surface area contributed by atoms with Gasteiger partial charge in [0.25, 0.3) is 0 Å². The molecular formula is C14H16O5. The number of rotatable bonds is 5. The van der Waals surface area contributed by atoms with Crippen LogP contribution in [0.1, 0.15) is 51.3 Å². The summed E-state index contributed by atoms with van der Waals surface area (Å²) in [6, 6.07) is 4.12. The number of Topliss-reactive ketones (excluding diaryl/α,β-unsaturated/α-hetero) is 1. The minimum atomic E-state index is -1.24. The number of carboxylic acids is 1. The molecular weight excluding hydrogens is 248 g/mol. The van der Waals surface area contributed by atoms with Crippen molar-refractivity contribution in [3.8, 4) is 0 Å². The summed E-state index contributed by atoms with van der Waals surface area (Å²) >= 11 is 0. The van der Waals surface area contributed by atoms with Crippen molar-refractivity contribution in [3.05, 3.63) is 34.9 Å². The summed E-state index contributed by atoms with van der Waals surface area (Å²) in [5.74, 6) is -2.25. The molecule has 0 aliphatic rings. The highest BCUT2D eigenvalue weighted by molar-refractivity contribution is 6.12. The molecule has 5 nitrogen and oxygen atoms in total. The molecule has 0 fully saturated rings. The highest BCUT2D eigenvalue weighted by atomic mass is 16.5. The molecule has 1 aromatic carbocycles. The van der Waals surface area contributed by atoms with Gasteiger partial charge >= 0.3 is 11.9 Å². The maximum Gasteiger partial charge on any atom is 0.338 e. The van der Waals surface area contributed by atoms with E-state index in [9.17, 15) is 14.4 Å². The van der Waals surface area contributed by atoms with Crippen molar-refractivity contribution < 1.29 is 24.2 Å². The van der Waals surface area contributed by atoms with E-state index in [1.807, 2.05) is 13.8 Å². The van der Waals surface area contributed by atoms with Gasteiger partial charge in [-0.05, 0) is 18.1 Å². The second kappa shape index (κ2) is 6.13. The van der Waals surface area contributed by atoms with Crippen LogP contribution in [-0.4, -0.2) is 29.9 Å². The van der Waals surface area contributed by atoms with E-state index in [1.54, 1.807) is 0 Å². The van der Waals surface area contributed by atoms with Crippen molar-refractivity contribution in [3.63, 3.8) is 0 Å². The molecule has 0 bridgehead atoms. The Morgan fingerprint density at radius 1 is 1.21 bits per heavy atom. The summed E-state index contributed by atoms with van der Waals surface area (Å²) in [5.41, 5.74) is -0.253. The molecule has 5 heteroatoms. The van der Waals surface area contributed by atoms with Gasteiger partial charge in [0.05, 0.1) is 18.2 Å². The highest BCUT2D eigenvalue weighted by Crippen LogP contribution is 2.20. The zero-order valence-corrected chi connectivity index (χ0v) is 11.1. The molecule has 0 heterocycles. The Balaban J connectivity index is 3.41. The van der Waals surface area contributed by atoms with Gasteiger partial charge in [-0.1, -0.05) is 19.9 Å². The third-order valence-electron chi connectivity index (χ3n) is 2.57. The van der Waals surface area contributed by atoms with E-state index in [2.05, 4.69) is 4.74 Å². The van der Waals surface area contributed by atoms with Gasteiger partial charge in [-0.3, -0.25) is 4.79 Å². The van der Waals surface area contributed by atoms with Crippen LogP contribution in [0.25, 0.3) is 0 Å². The molecule has 0 radical (unpaired) electrons. The highest BCUT2D eigenvalue weighted by Gasteiger charge is 2.24. The summed E-state index contributed by atoms with van der Waals surface area (Å²) < 4.78 is 4.58. The minimum Gasteiger partial charge on any atom is -0.478 e. The van der Waals surface area contributed by atoms with E-state index in [-0.39, 0.29) is 34.8 Å². The Morgan fingerprint density at radius 2 is 1.79 bits per heavy atom. The third-order valence-corrected chi connectivity index (χ3v) is 2.57. The second-order valence-corrected chi connectivity index (χ2v) is 4.55. The Kier molecular flexibility index (Phi) is 4.80. The molecule has 0 aliphatic carbocycles. The number of methoxy groups -OCH3 is 1. The second-order valence-electron chi connectivity index (χ2n) is 4.55. The molecule has 0 aliphatic heterocycles. The number of carbonyl (C=O) groups is 3. The molecule has 0 unspecified atom stereocenters. The number of ether oxygens (including phenoxy) is 1. The van der Waals surface area contributed by atoms with Crippen LogP contribution in [0.5, 0.6) is 0 Å². The summed E-state index contributed by atoms with van der Waals surface area (Å²) in [6.45, 7) is 3.69. The van der Waals surface area contributed by atoms with Crippen LogP contribution >= 0.6 is 0 Å². The monoisotopic (exact) mass is 264 g/mol. The maximum atomic E-state index is 12.2. The van der Waals surface area contributed by atoms with Gasteiger partial charge in [0.1, 0.15) is 0 Å². The van der Waals surface area contributed by atoms with Crippen LogP contribution in [0.2, 0.25) is 0 Å². The predicted octanol–water partition coefficient (Wildman–Crippen LogP) is 2.40. The Hall–Kier alpha value is -2.17. The lowest BCUT2D eigenvalue weighted by atomic mass is 9.93. The number of aromatic carboxylic acids is 1. The number of esters is 1. The van der Waals surface area contributed by atoms with E-state index in [4.69, 9.17) is 5.11 Å². The SMILES string of the molecule is COC(=O)c1cccc(C(=O)O)c1C(=O)CC(C)C. The molecule has 0 amide bonds. The first-order valence-electron chi connectivity index (χ1n) is 5.86. The Bertz CT molecular complexity index is 517. The van der Waals surface area contributed by atoms with Crippen molar-refractivity contribution in [2.75, 3.05) is 7.11 Å². The largest absolute Gasteiger partial charge is 0.478 e. The summed E-state index contributed by atoms with van der Waals surface area (Å²) in [7, 11) is 1.19. The van der Waals surface area contributed by atoms with Gasteiger partial charge in [-0.25, -0.2) is 9.59 Å². The van der Waals surface area contributed by atoms with Crippen molar-refractivity contribution in [2.45, 2.75) is 20.3 Å². The molecule has 19 heavy (non-hydrogen) atoms. The summed E-state index contributed by atoms with van der Waals surface area (Å²) in [6.07, 6.45) is 0.175. The van der Waals surface area contributed by atoms with Crippen LogP contribution in [0.3, 0.4) is 0 Å². The number of hydrogen-bond donors (Lipinski definition) is 1. The van der Waals surface area contributed by atoms with Gasteiger partial charge < -0.3 is 9.84 Å². The average Bonchev–Trinajstić information content (AvgIpc) is 2.35. The van der Waals surface area contributed by atoms with E-state index in [1.165, 1.54) is 25.3 Å². The molecule has 1 N–H and O–H groups in total. The fourth-order valence-electron chi connectivity index (χ4n) is 1.78. The molecule has 0 aromatic heterocycles. The van der Waals surface area contributed by atoms with Crippen molar-refractivity contribution in [1.29, 1.82) is 0 Å². The first-order chi connectivity index (χ1) is 8.88. The Labute approximate surface area is 111 Å². The molecule has 0 saturated heterocycles. The van der Waals surface area contributed by atoms with Crippen LogP contribution in [-0.2, 0) is 4.74 Å². The minimum absolute atomic E-state index is 0.00644. The van der Waals surface area contributed by atoms with Gasteiger partial charge in [-0.2, -0.15) is 0 Å². The lowest BCUT2D eigenvalue weighted by molar-refractivity contribution is 0.0596. The molecule has 102 valence electrons. The molecule has 0 spiro atoms. The topological polar surface area (TPSA) is 80.7 Å². The van der Waals surface area contributed by atoms with Crippen molar-refractivity contribution in [2.24, 2.45) is 5.92 Å². The van der Waals surface area contributed by atoms with Crippen LogP contribution < -0.4 is 0 Å². The molecule has 0 saturated carbocycles.